The van der Waals surface area contributed by atoms with Crippen molar-refractivity contribution in [3.8, 4) is 0 Å². The third-order valence-corrected chi connectivity index (χ3v) is 4.00. The summed E-state index contributed by atoms with van der Waals surface area (Å²) in [7, 11) is 1.62. The number of fused-ring (bicyclic) bond motifs is 1. The lowest BCUT2D eigenvalue weighted by Crippen LogP contribution is -2.27. The van der Waals surface area contributed by atoms with Crippen LogP contribution in [0.25, 0.3) is 10.9 Å². The van der Waals surface area contributed by atoms with Gasteiger partial charge in [-0.15, -0.1) is 0 Å². The van der Waals surface area contributed by atoms with Crippen molar-refractivity contribution in [3.63, 3.8) is 0 Å². The highest BCUT2D eigenvalue weighted by atomic mass is 16.5. The molecule has 4 nitrogen and oxygen atoms in total. The third kappa shape index (κ3) is 3.88. The van der Waals surface area contributed by atoms with E-state index >= 15 is 0 Å². The Morgan fingerprint density at radius 3 is 2.65 bits per heavy atom. The van der Waals surface area contributed by atoms with Crippen molar-refractivity contribution in [2.75, 3.05) is 20.3 Å². The standard InChI is InChI=1S/C19H26N2O2/c1-6-14-10-16-15(12(2)3)9-13(4)21-18(16)17(11-14)19(22)20-7-8-23-5/h9-12H,6-8H2,1-5H3,(H,20,22). The van der Waals surface area contributed by atoms with Crippen LogP contribution in [0.2, 0.25) is 0 Å². The molecule has 0 saturated heterocycles. The fraction of sp³-hybridized carbons (Fsp3) is 0.474. The second kappa shape index (κ2) is 7.55. The SMILES string of the molecule is CCc1cc(C(=O)NCCOC)c2nc(C)cc(C(C)C)c2c1. The number of rotatable bonds is 6. The van der Waals surface area contributed by atoms with Gasteiger partial charge in [0.05, 0.1) is 17.7 Å². The van der Waals surface area contributed by atoms with Gasteiger partial charge in [-0.05, 0) is 48.6 Å². The molecule has 1 aromatic carbocycles. The van der Waals surface area contributed by atoms with Crippen LogP contribution in [0, 0.1) is 6.92 Å². The molecule has 0 fully saturated rings. The van der Waals surface area contributed by atoms with Crippen LogP contribution in [0.5, 0.6) is 0 Å². The molecule has 1 N–H and O–H groups in total. The van der Waals surface area contributed by atoms with Gasteiger partial charge in [0.25, 0.3) is 5.91 Å². The highest BCUT2D eigenvalue weighted by Crippen LogP contribution is 2.29. The van der Waals surface area contributed by atoms with Crippen LogP contribution in [-0.2, 0) is 11.2 Å². The first-order valence-electron chi connectivity index (χ1n) is 8.19. The minimum atomic E-state index is -0.0878. The molecular weight excluding hydrogens is 288 g/mol. The summed E-state index contributed by atoms with van der Waals surface area (Å²) < 4.78 is 5.00. The molecule has 124 valence electrons. The van der Waals surface area contributed by atoms with Crippen LogP contribution in [0.3, 0.4) is 0 Å². The number of hydrogen-bond acceptors (Lipinski definition) is 3. The Morgan fingerprint density at radius 1 is 1.30 bits per heavy atom. The average molecular weight is 314 g/mol. The van der Waals surface area contributed by atoms with Gasteiger partial charge >= 0.3 is 0 Å². The van der Waals surface area contributed by atoms with Gasteiger partial charge in [0.15, 0.2) is 0 Å². The molecule has 0 unspecified atom stereocenters. The summed E-state index contributed by atoms with van der Waals surface area (Å²) in [5.74, 6) is 0.297. The minimum absolute atomic E-state index is 0.0878. The van der Waals surface area contributed by atoms with Crippen molar-refractivity contribution in [2.45, 2.75) is 40.0 Å². The van der Waals surface area contributed by atoms with Gasteiger partial charge < -0.3 is 10.1 Å². The number of nitrogens with one attached hydrogen (secondary N) is 1. The molecule has 0 radical (unpaired) electrons. The van der Waals surface area contributed by atoms with E-state index in [0.717, 1.165) is 28.6 Å². The van der Waals surface area contributed by atoms with Crippen LogP contribution in [-0.4, -0.2) is 31.2 Å². The Balaban J connectivity index is 2.60. The summed E-state index contributed by atoms with van der Waals surface area (Å²) in [5.41, 5.74) is 4.79. The smallest absolute Gasteiger partial charge is 0.253 e. The van der Waals surface area contributed by atoms with Crippen LogP contribution >= 0.6 is 0 Å². The number of carbonyl (C=O) groups is 1. The minimum Gasteiger partial charge on any atom is -0.383 e. The maximum atomic E-state index is 12.6. The molecule has 0 aliphatic carbocycles. The molecule has 2 aromatic rings. The van der Waals surface area contributed by atoms with Crippen molar-refractivity contribution < 1.29 is 9.53 Å². The molecule has 1 amide bonds. The van der Waals surface area contributed by atoms with Crippen molar-refractivity contribution in [1.29, 1.82) is 0 Å². The molecule has 23 heavy (non-hydrogen) atoms. The Bertz CT molecular complexity index is 708. The first-order chi connectivity index (χ1) is 11.0. The fourth-order valence-electron chi connectivity index (χ4n) is 2.76. The van der Waals surface area contributed by atoms with E-state index in [1.165, 1.54) is 5.56 Å². The summed E-state index contributed by atoms with van der Waals surface area (Å²) in [6.45, 7) is 9.42. The molecule has 4 heteroatoms. The zero-order valence-corrected chi connectivity index (χ0v) is 14.7. The van der Waals surface area contributed by atoms with E-state index in [1.807, 2.05) is 13.0 Å². The van der Waals surface area contributed by atoms with E-state index in [-0.39, 0.29) is 5.91 Å². The fourth-order valence-corrected chi connectivity index (χ4v) is 2.76. The zero-order valence-electron chi connectivity index (χ0n) is 14.7. The number of aryl methyl sites for hydroxylation is 2. The molecule has 0 aliphatic heterocycles. The highest BCUT2D eigenvalue weighted by molar-refractivity contribution is 6.06. The van der Waals surface area contributed by atoms with Gasteiger partial charge in [-0.2, -0.15) is 0 Å². The van der Waals surface area contributed by atoms with Gasteiger partial charge in [0, 0.05) is 24.7 Å². The second-order valence-electron chi connectivity index (χ2n) is 6.15. The van der Waals surface area contributed by atoms with E-state index in [2.05, 4.69) is 43.2 Å². The van der Waals surface area contributed by atoms with Gasteiger partial charge in [-0.3, -0.25) is 9.78 Å². The van der Waals surface area contributed by atoms with Crippen molar-refractivity contribution >= 4 is 16.8 Å². The third-order valence-electron chi connectivity index (χ3n) is 4.00. The van der Waals surface area contributed by atoms with Gasteiger partial charge in [-0.25, -0.2) is 0 Å². The van der Waals surface area contributed by atoms with E-state index in [0.29, 0.717) is 24.6 Å². The van der Waals surface area contributed by atoms with Crippen molar-refractivity contribution in [1.82, 2.24) is 10.3 Å². The predicted octanol–water partition coefficient (Wildman–Crippen LogP) is 3.61. The lowest BCUT2D eigenvalue weighted by atomic mass is 9.93. The first kappa shape index (κ1) is 17.4. The molecule has 0 spiro atoms. The molecule has 0 bridgehead atoms. The number of benzene rings is 1. The van der Waals surface area contributed by atoms with E-state index in [1.54, 1.807) is 7.11 Å². The normalized spacial score (nSPS) is 11.2. The number of nitrogens with zero attached hydrogens (tertiary/aromatic N) is 1. The first-order valence-corrected chi connectivity index (χ1v) is 8.19. The molecule has 0 aliphatic rings. The number of aromatic nitrogens is 1. The van der Waals surface area contributed by atoms with Crippen LogP contribution in [0.15, 0.2) is 18.2 Å². The number of amides is 1. The number of hydrogen-bond donors (Lipinski definition) is 1. The summed E-state index contributed by atoms with van der Waals surface area (Å²) in [6, 6.07) is 6.25. The van der Waals surface area contributed by atoms with Crippen LogP contribution in [0.1, 0.15) is 53.9 Å². The van der Waals surface area contributed by atoms with E-state index in [4.69, 9.17) is 4.74 Å². The molecule has 2 rings (SSSR count). The Morgan fingerprint density at radius 2 is 2.04 bits per heavy atom. The second-order valence-corrected chi connectivity index (χ2v) is 6.15. The highest BCUT2D eigenvalue weighted by Gasteiger charge is 2.16. The summed E-state index contributed by atoms with van der Waals surface area (Å²) in [6.07, 6.45) is 0.889. The maximum absolute atomic E-state index is 12.6. The van der Waals surface area contributed by atoms with Gasteiger partial charge in [-0.1, -0.05) is 20.8 Å². The van der Waals surface area contributed by atoms with E-state index in [9.17, 15) is 4.79 Å². The Labute approximate surface area is 138 Å². The molecule has 0 saturated carbocycles. The van der Waals surface area contributed by atoms with Gasteiger partial charge in [0.2, 0.25) is 0 Å². The average Bonchev–Trinajstić information content (AvgIpc) is 2.53. The number of pyridine rings is 1. The Hall–Kier alpha value is -1.94. The number of ether oxygens (including phenoxy) is 1. The van der Waals surface area contributed by atoms with Crippen LogP contribution < -0.4 is 5.32 Å². The quantitative estimate of drug-likeness (QED) is 0.829. The zero-order chi connectivity index (χ0) is 17.0. The predicted molar refractivity (Wildman–Crippen MR) is 94.2 cm³/mol. The summed E-state index contributed by atoms with van der Waals surface area (Å²) >= 11 is 0. The number of methoxy groups -OCH3 is 1. The molecule has 1 heterocycles. The number of carbonyl (C=O) groups excluding carboxylic acids is 1. The lowest BCUT2D eigenvalue weighted by molar-refractivity contribution is 0.0938. The summed E-state index contributed by atoms with van der Waals surface area (Å²) in [5, 5.41) is 3.99. The maximum Gasteiger partial charge on any atom is 0.253 e. The van der Waals surface area contributed by atoms with Crippen molar-refractivity contribution in [3.05, 3.63) is 40.6 Å². The molecular formula is C19H26N2O2. The molecule has 0 atom stereocenters. The Kier molecular flexibility index (Phi) is 5.72. The van der Waals surface area contributed by atoms with E-state index < -0.39 is 0 Å². The monoisotopic (exact) mass is 314 g/mol. The lowest BCUT2D eigenvalue weighted by Gasteiger charge is -2.15. The topological polar surface area (TPSA) is 51.2 Å². The summed E-state index contributed by atoms with van der Waals surface area (Å²) in [4.78, 5) is 17.2. The van der Waals surface area contributed by atoms with Gasteiger partial charge in [0.1, 0.15) is 0 Å². The molecule has 1 aromatic heterocycles. The largest absolute Gasteiger partial charge is 0.383 e. The van der Waals surface area contributed by atoms with Crippen LogP contribution in [0.4, 0.5) is 0 Å². The van der Waals surface area contributed by atoms with Crippen molar-refractivity contribution in [2.24, 2.45) is 0 Å².